The van der Waals surface area contributed by atoms with Crippen molar-refractivity contribution in [1.29, 1.82) is 0 Å². The van der Waals surface area contributed by atoms with Crippen LogP contribution in [0.15, 0.2) is 54.6 Å². The standard InChI is InChI=1S/C19H18ClN3O3S/c1-26-16-8-6-13(7-9-16)12-23(27(2)25)18-11-17(21-22-19(18)20)14-4-3-5-15(24)10-14/h3-11,24H,12H2,1-2H3. The van der Waals surface area contributed by atoms with Gasteiger partial charge in [-0.2, -0.15) is 0 Å². The van der Waals surface area contributed by atoms with Crippen LogP contribution in [0.4, 0.5) is 5.69 Å². The molecule has 2 aromatic carbocycles. The van der Waals surface area contributed by atoms with E-state index < -0.39 is 11.0 Å². The van der Waals surface area contributed by atoms with Gasteiger partial charge in [0.2, 0.25) is 0 Å². The van der Waals surface area contributed by atoms with Crippen molar-refractivity contribution in [2.45, 2.75) is 6.54 Å². The molecule has 3 rings (SSSR count). The van der Waals surface area contributed by atoms with Crippen molar-refractivity contribution in [3.63, 3.8) is 0 Å². The summed E-state index contributed by atoms with van der Waals surface area (Å²) < 4.78 is 19.2. The number of ether oxygens (including phenoxy) is 1. The number of halogens is 1. The van der Waals surface area contributed by atoms with Crippen molar-refractivity contribution in [2.75, 3.05) is 17.7 Å². The predicted octanol–water partition coefficient (Wildman–Crippen LogP) is 3.81. The number of phenolic OH excluding ortho intramolecular Hbond substituents is 1. The molecule has 3 aromatic rings. The smallest absolute Gasteiger partial charge is 0.175 e. The van der Waals surface area contributed by atoms with Gasteiger partial charge in [-0.05, 0) is 35.9 Å². The van der Waals surface area contributed by atoms with Gasteiger partial charge in [-0.15, -0.1) is 10.2 Å². The van der Waals surface area contributed by atoms with Crippen molar-refractivity contribution in [2.24, 2.45) is 0 Å². The van der Waals surface area contributed by atoms with Gasteiger partial charge in [0.1, 0.15) is 22.5 Å². The zero-order chi connectivity index (χ0) is 19.4. The van der Waals surface area contributed by atoms with E-state index in [2.05, 4.69) is 10.2 Å². The molecule has 0 saturated heterocycles. The van der Waals surface area contributed by atoms with Crippen molar-refractivity contribution in [3.05, 3.63) is 65.3 Å². The molecule has 6 nitrogen and oxygen atoms in total. The minimum atomic E-state index is -1.34. The Bertz CT molecular complexity index is 967. The van der Waals surface area contributed by atoms with E-state index in [0.29, 0.717) is 23.5 Å². The SMILES string of the molecule is COc1ccc(CN(c2cc(-c3cccc(O)c3)nnc2Cl)S(C)=O)cc1. The Kier molecular flexibility index (Phi) is 5.93. The van der Waals surface area contributed by atoms with Gasteiger partial charge in [0.05, 0.1) is 25.0 Å². The second kappa shape index (κ2) is 8.37. The lowest BCUT2D eigenvalue weighted by atomic mass is 10.1. The monoisotopic (exact) mass is 403 g/mol. The molecule has 0 saturated carbocycles. The van der Waals surface area contributed by atoms with Gasteiger partial charge in [0, 0.05) is 11.8 Å². The van der Waals surface area contributed by atoms with E-state index in [1.165, 1.54) is 0 Å². The number of phenols is 1. The third-order valence-electron chi connectivity index (χ3n) is 3.94. The normalized spacial score (nSPS) is 11.8. The summed E-state index contributed by atoms with van der Waals surface area (Å²) in [7, 11) is 0.264. The highest BCUT2D eigenvalue weighted by Gasteiger charge is 2.18. The second-order valence-electron chi connectivity index (χ2n) is 5.76. The molecule has 1 atom stereocenters. The Balaban J connectivity index is 1.97. The molecule has 0 fully saturated rings. The molecule has 1 aromatic heterocycles. The van der Waals surface area contributed by atoms with Crippen molar-refractivity contribution in [1.82, 2.24) is 10.2 Å². The average molecular weight is 404 g/mol. The van der Waals surface area contributed by atoms with E-state index in [0.717, 1.165) is 11.3 Å². The van der Waals surface area contributed by atoms with Gasteiger partial charge in [0.25, 0.3) is 0 Å². The Morgan fingerprint density at radius 1 is 1.15 bits per heavy atom. The lowest BCUT2D eigenvalue weighted by molar-refractivity contribution is 0.414. The van der Waals surface area contributed by atoms with Crippen LogP contribution in [0.25, 0.3) is 11.3 Å². The fourth-order valence-electron chi connectivity index (χ4n) is 2.56. The molecule has 0 amide bonds. The van der Waals surface area contributed by atoms with E-state index in [9.17, 15) is 9.32 Å². The van der Waals surface area contributed by atoms with Crippen molar-refractivity contribution in [3.8, 4) is 22.8 Å². The zero-order valence-corrected chi connectivity index (χ0v) is 16.4. The van der Waals surface area contributed by atoms with Crippen molar-refractivity contribution < 1.29 is 14.1 Å². The second-order valence-corrected chi connectivity index (χ2v) is 7.41. The number of hydrogen-bond acceptors (Lipinski definition) is 5. The van der Waals surface area contributed by atoms with Crippen LogP contribution in [-0.4, -0.2) is 32.9 Å². The molecule has 27 heavy (non-hydrogen) atoms. The summed E-state index contributed by atoms with van der Waals surface area (Å²) in [4.78, 5) is 0. The molecular weight excluding hydrogens is 386 g/mol. The molecule has 0 radical (unpaired) electrons. The summed E-state index contributed by atoms with van der Waals surface area (Å²) in [6, 6.07) is 15.9. The summed E-state index contributed by atoms with van der Waals surface area (Å²) in [5, 5.41) is 17.9. The summed E-state index contributed by atoms with van der Waals surface area (Å²) in [5.74, 6) is 0.873. The summed E-state index contributed by atoms with van der Waals surface area (Å²) in [5.41, 5.74) is 2.65. The first-order chi connectivity index (χ1) is 13.0. The van der Waals surface area contributed by atoms with Crippen molar-refractivity contribution >= 4 is 28.3 Å². The molecule has 0 aliphatic rings. The van der Waals surface area contributed by atoms with Gasteiger partial charge in [-0.25, -0.2) is 4.21 Å². The number of methoxy groups -OCH3 is 1. The topological polar surface area (TPSA) is 75.6 Å². The number of benzene rings is 2. The van der Waals surface area contributed by atoms with E-state index in [4.69, 9.17) is 16.3 Å². The highest BCUT2D eigenvalue weighted by molar-refractivity contribution is 7.85. The summed E-state index contributed by atoms with van der Waals surface area (Å²) in [6.45, 7) is 0.373. The fraction of sp³-hybridized carbons (Fsp3) is 0.158. The molecule has 140 valence electrons. The molecule has 0 spiro atoms. The third kappa shape index (κ3) is 4.56. The highest BCUT2D eigenvalue weighted by atomic mass is 35.5. The quantitative estimate of drug-likeness (QED) is 0.677. The minimum absolute atomic E-state index is 0.125. The highest BCUT2D eigenvalue weighted by Crippen LogP contribution is 2.31. The largest absolute Gasteiger partial charge is 0.508 e. The van der Waals surface area contributed by atoms with Crippen LogP contribution in [0, 0.1) is 0 Å². The van der Waals surface area contributed by atoms with Crippen LogP contribution < -0.4 is 9.04 Å². The molecule has 0 aliphatic carbocycles. The number of nitrogens with zero attached hydrogens (tertiary/aromatic N) is 3. The molecule has 1 unspecified atom stereocenters. The Labute approximate surface area is 165 Å². The van der Waals surface area contributed by atoms with Crippen LogP contribution >= 0.6 is 11.6 Å². The molecule has 0 bridgehead atoms. The number of rotatable bonds is 6. The average Bonchev–Trinajstić information content (AvgIpc) is 2.67. The van der Waals surface area contributed by atoms with Gasteiger partial charge in [-0.1, -0.05) is 35.9 Å². The Morgan fingerprint density at radius 2 is 1.89 bits per heavy atom. The zero-order valence-electron chi connectivity index (χ0n) is 14.8. The Hall–Kier alpha value is -2.64. The minimum Gasteiger partial charge on any atom is -0.508 e. The van der Waals surface area contributed by atoms with Gasteiger partial charge in [0.15, 0.2) is 5.15 Å². The van der Waals surface area contributed by atoms with E-state index in [1.54, 1.807) is 48.0 Å². The number of hydrogen-bond donors (Lipinski definition) is 1. The molecule has 0 aliphatic heterocycles. The summed E-state index contributed by atoms with van der Waals surface area (Å²) in [6.07, 6.45) is 1.58. The van der Waals surface area contributed by atoms with Crippen LogP contribution in [-0.2, 0) is 17.5 Å². The van der Waals surface area contributed by atoms with E-state index in [1.807, 2.05) is 24.3 Å². The lowest BCUT2D eigenvalue weighted by Gasteiger charge is -2.22. The lowest BCUT2D eigenvalue weighted by Crippen LogP contribution is -2.25. The maximum atomic E-state index is 12.4. The molecule has 1 heterocycles. The van der Waals surface area contributed by atoms with Crippen LogP contribution in [0.2, 0.25) is 5.15 Å². The molecule has 8 heteroatoms. The summed E-state index contributed by atoms with van der Waals surface area (Å²) >= 11 is 6.25. The van der Waals surface area contributed by atoms with Crippen LogP contribution in [0.5, 0.6) is 11.5 Å². The fourth-order valence-corrected chi connectivity index (χ4v) is 3.55. The maximum Gasteiger partial charge on any atom is 0.175 e. The van der Waals surface area contributed by atoms with Crippen LogP contribution in [0.1, 0.15) is 5.56 Å². The molecule has 1 N–H and O–H groups in total. The number of aromatic nitrogens is 2. The first-order valence-corrected chi connectivity index (χ1v) is 9.94. The van der Waals surface area contributed by atoms with E-state index >= 15 is 0 Å². The maximum absolute atomic E-state index is 12.4. The van der Waals surface area contributed by atoms with E-state index in [-0.39, 0.29) is 10.9 Å². The van der Waals surface area contributed by atoms with Gasteiger partial charge < -0.3 is 9.84 Å². The third-order valence-corrected chi connectivity index (χ3v) is 5.15. The van der Waals surface area contributed by atoms with Gasteiger partial charge in [-0.3, -0.25) is 4.31 Å². The first kappa shape index (κ1) is 19.1. The van der Waals surface area contributed by atoms with Gasteiger partial charge >= 0.3 is 0 Å². The molecular formula is C19H18ClN3O3S. The Morgan fingerprint density at radius 3 is 2.52 bits per heavy atom. The number of anilines is 1. The van der Waals surface area contributed by atoms with Crippen LogP contribution in [0.3, 0.4) is 0 Å². The number of aromatic hydroxyl groups is 1. The predicted molar refractivity (Wildman–Crippen MR) is 107 cm³/mol. The first-order valence-electron chi connectivity index (χ1n) is 8.04.